The third-order valence-electron chi connectivity index (χ3n) is 3.08. The Hall–Kier alpha value is -1.62. The molecule has 0 atom stereocenters. The van der Waals surface area contributed by atoms with Gasteiger partial charge in [-0.1, -0.05) is 25.1 Å². The molecule has 0 spiro atoms. The molecule has 19 heavy (non-hydrogen) atoms. The summed E-state index contributed by atoms with van der Waals surface area (Å²) < 4.78 is 28.0. The van der Waals surface area contributed by atoms with Gasteiger partial charge in [0.05, 0.1) is 11.3 Å². The van der Waals surface area contributed by atoms with Crippen LogP contribution in [0.4, 0.5) is 0 Å². The highest BCUT2D eigenvalue weighted by Gasteiger charge is 2.14. The quantitative estimate of drug-likeness (QED) is 0.763. The van der Waals surface area contributed by atoms with Crippen LogP contribution >= 0.6 is 0 Å². The number of ketones is 1. The lowest BCUT2D eigenvalue weighted by Gasteiger charge is -2.00. The van der Waals surface area contributed by atoms with Gasteiger partial charge in [0.2, 0.25) is 0 Å². The van der Waals surface area contributed by atoms with Crippen molar-refractivity contribution in [3.8, 4) is 0 Å². The SMILES string of the molecule is CCS(=O)(=O)CCCC(=O)c1coc2ccccc12. The molecule has 0 aliphatic carbocycles. The standard InChI is InChI=1S/C14H16O4S/c1-2-19(16,17)9-5-7-13(15)12-10-18-14-8-4-3-6-11(12)14/h3-4,6,8,10H,2,5,7,9H2,1H3. The second kappa shape index (κ2) is 5.57. The second-order valence-electron chi connectivity index (χ2n) is 4.41. The number of benzene rings is 1. The fourth-order valence-corrected chi connectivity index (χ4v) is 2.80. The van der Waals surface area contributed by atoms with Crippen molar-refractivity contribution in [2.75, 3.05) is 11.5 Å². The van der Waals surface area contributed by atoms with Gasteiger partial charge in [-0.2, -0.15) is 0 Å². The predicted octanol–water partition coefficient (Wildman–Crippen LogP) is 2.83. The summed E-state index contributed by atoms with van der Waals surface area (Å²) in [7, 11) is -3.00. The van der Waals surface area contributed by atoms with Crippen LogP contribution in [0.1, 0.15) is 30.1 Å². The van der Waals surface area contributed by atoms with Crippen molar-refractivity contribution in [3.05, 3.63) is 36.1 Å². The van der Waals surface area contributed by atoms with E-state index in [0.717, 1.165) is 5.39 Å². The predicted molar refractivity (Wildman–Crippen MR) is 74.1 cm³/mol. The highest BCUT2D eigenvalue weighted by atomic mass is 32.2. The van der Waals surface area contributed by atoms with Crippen molar-refractivity contribution in [2.24, 2.45) is 0 Å². The van der Waals surface area contributed by atoms with Crippen molar-refractivity contribution in [1.29, 1.82) is 0 Å². The molecule has 0 saturated heterocycles. The maximum Gasteiger partial charge on any atom is 0.166 e. The molecule has 4 nitrogen and oxygen atoms in total. The number of Topliss-reactive ketones (excluding diaryl/α,β-unsaturated/α-hetero) is 1. The van der Waals surface area contributed by atoms with Crippen LogP contribution in [-0.2, 0) is 9.84 Å². The number of carbonyl (C=O) groups is 1. The monoisotopic (exact) mass is 280 g/mol. The molecule has 0 aliphatic rings. The van der Waals surface area contributed by atoms with Gasteiger partial charge in [-0.05, 0) is 12.5 Å². The number of para-hydroxylation sites is 1. The Bertz CT molecular complexity index is 682. The number of furan rings is 1. The lowest BCUT2D eigenvalue weighted by Crippen LogP contribution is -2.10. The average Bonchev–Trinajstić information content (AvgIpc) is 2.82. The fraction of sp³-hybridized carbons (Fsp3) is 0.357. The molecule has 102 valence electrons. The minimum Gasteiger partial charge on any atom is -0.464 e. The number of fused-ring (bicyclic) bond motifs is 1. The van der Waals surface area contributed by atoms with E-state index in [-0.39, 0.29) is 23.7 Å². The summed E-state index contributed by atoms with van der Waals surface area (Å²) in [5.74, 6) is 0.108. The molecule has 0 fully saturated rings. The zero-order valence-corrected chi connectivity index (χ0v) is 11.6. The van der Waals surface area contributed by atoms with Gasteiger partial charge in [0, 0.05) is 17.6 Å². The molecule has 5 heteroatoms. The molecule has 0 unspecified atom stereocenters. The molecule has 2 rings (SSSR count). The molecule has 0 aliphatic heterocycles. The van der Waals surface area contributed by atoms with Gasteiger partial charge in [0.1, 0.15) is 21.7 Å². The van der Waals surface area contributed by atoms with E-state index in [9.17, 15) is 13.2 Å². The van der Waals surface area contributed by atoms with Crippen molar-refractivity contribution in [2.45, 2.75) is 19.8 Å². The highest BCUT2D eigenvalue weighted by Crippen LogP contribution is 2.22. The molecule has 0 bridgehead atoms. The molecular weight excluding hydrogens is 264 g/mol. The van der Waals surface area contributed by atoms with E-state index in [4.69, 9.17) is 4.42 Å². The van der Waals surface area contributed by atoms with Gasteiger partial charge >= 0.3 is 0 Å². The summed E-state index contributed by atoms with van der Waals surface area (Å²) in [5.41, 5.74) is 1.21. The third kappa shape index (κ3) is 3.23. The Morgan fingerprint density at radius 1 is 1.26 bits per heavy atom. The van der Waals surface area contributed by atoms with E-state index >= 15 is 0 Å². The van der Waals surface area contributed by atoms with E-state index in [0.29, 0.717) is 17.6 Å². The van der Waals surface area contributed by atoms with E-state index in [1.54, 1.807) is 13.0 Å². The van der Waals surface area contributed by atoms with Crippen LogP contribution in [0.25, 0.3) is 11.0 Å². The fourth-order valence-electron chi connectivity index (χ4n) is 1.93. The van der Waals surface area contributed by atoms with Crippen LogP contribution in [0.2, 0.25) is 0 Å². The van der Waals surface area contributed by atoms with Crippen LogP contribution in [0, 0.1) is 0 Å². The number of rotatable bonds is 6. The van der Waals surface area contributed by atoms with Gasteiger partial charge in [-0.15, -0.1) is 0 Å². The molecule has 0 radical (unpaired) electrons. The second-order valence-corrected chi connectivity index (χ2v) is 6.88. The average molecular weight is 280 g/mol. The number of sulfone groups is 1. The first-order chi connectivity index (χ1) is 9.03. The molecule has 0 saturated carbocycles. The minimum atomic E-state index is -3.00. The normalized spacial score (nSPS) is 11.8. The Kier molecular flexibility index (Phi) is 4.04. The Balaban J connectivity index is 2.05. The maximum absolute atomic E-state index is 12.0. The minimum absolute atomic E-state index is 0.0605. The Labute approximate surface area is 112 Å². The third-order valence-corrected chi connectivity index (χ3v) is 4.87. The van der Waals surface area contributed by atoms with Gasteiger partial charge in [0.25, 0.3) is 0 Å². The van der Waals surface area contributed by atoms with Gasteiger partial charge in [-0.3, -0.25) is 4.79 Å². The van der Waals surface area contributed by atoms with E-state index in [1.165, 1.54) is 6.26 Å². The molecule has 1 aromatic heterocycles. The van der Waals surface area contributed by atoms with Gasteiger partial charge < -0.3 is 4.42 Å². The molecule has 1 aromatic carbocycles. The van der Waals surface area contributed by atoms with Crippen molar-refractivity contribution < 1.29 is 17.6 Å². The summed E-state index contributed by atoms with van der Waals surface area (Å²) in [6.07, 6.45) is 2.03. The first kappa shape index (κ1) is 13.8. The Morgan fingerprint density at radius 3 is 2.74 bits per heavy atom. The van der Waals surface area contributed by atoms with E-state index in [1.807, 2.05) is 18.2 Å². The van der Waals surface area contributed by atoms with E-state index < -0.39 is 9.84 Å². The lowest BCUT2D eigenvalue weighted by atomic mass is 10.1. The lowest BCUT2D eigenvalue weighted by molar-refractivity contribution is 0.0983. The zero-order valence-electron chi connectivity index (χ0n) is 10.8. The van der Waals surface area contributed by atoms with Crippen molar-refractivity contribution in [3.63, 3.8) is 0 Å². The van der Waals surface area contributed by atoms with Crippen LogP contribution in [0.5, 0.6) is 0 Å². The van der Waals surface area contributed by atoms with Crippen LogP contribution in [-0.4, -0.2) is 25.7 Å². The number of hydrogen-bond donors (Lipinski definition) is 0. The van der Waals surface area contributed by atoms with Crippen molar-refractivity contribution >= 4 is 26.6 Å². The van der Waals surface area contributed by atoms with Crippen LogP contribution < -0.4 is 0 Å². The molecular formula is C14H16O4S. The van der Waals surface area contributed by atoms with Crippen molar-refractivity contribution in [1.82, 2.24) is 0 Å². The molecule has 0 N–H and O–H groups in total. The smallest absolute Gasteiger partial charge is 0.166 e. The summed E-state index contributed by atoms with van der Waals surface area (Å²) in [6.45, 7) is 1.61. The summed E-state index contributed by atoms with van der Waals surface area (Å²) in [6, 6.07) is 7.31. The molecule has 0 amide bonds. The summed E-state index contributed by atoms with van der Waals surface area (Å²) >= 11 is 0. The maximum atomic E-state index is 12.0. The van der Waals surface area contributed by atoms with Gasteiger partial charge in [0.15, 0.2) is 5.78 Å². The highest BCUT2D eigenvalue weighted by molar-refractivity contribution is 7.91. The largest absolute Gasteiger partial charge is 0.464 e. The summed E-state index contributed by atoms with van der Waals surface area (Å²) in [4.78, 5) is 12.0. The number of carbonyl (C=O) groups excluding carboxylic acids is 1. The van der Waals surface area contributed by atoms with Gasteiger partial charge in [-0.25, -0.2) is 8.42 Å². The zero-order chi connectivity index (χ0) is 13.9. The van der Waals surface area contributed by atoms with Crippen LogP contribution in [0.3, 0.4) is 0 Å². The topological polar surface area (TPSA) is 64.3 Å². The Morgan fingerprint density at radius 2 is 2.00 bits per heavy atom. The first-order valence-corrected chi connectivity index (χ1v) is 8.05. The van der Waals surface area contributed by atoms with E-state index in [2.05, 4.69) is 0 Å². The van der Waals surface area contributed by atoms with Crippen LogP contribution in [0.15, 0.2) is 34.9 Å². The molecule has 1 heterocycles. The first-order valence-electron chi connectivity index (χ1n) is 6.23. The summed E-state index contributed by atoms with van der Waals surface area (Å²) in [5, 5.41) is 0.783. The molecule has 2 aromatic rings. The number of hydrogen-bond acceptors (Lipinski definition) is 4.